The molecule has 1 aliphatic rings. The summed E-state index contributed by atoms with van der Waals surface area (Å²) in [6, 6.07) is 9.86. The molecule has 1 N–H and O–H groups in total. The predicted octanol–water partition coefficient (Wildman–Crippen LogP) is 2.80. The molecule has 2 aromatic rings. The van der Waals surface area contributed by atoms with Crippen molar-refractivity contribution in [1.82, 2.24) is 4.98 Å². The zero-order valence-corrected chi connectivity index (χ0v) is 8.49. The SMILES string of the molecule is O=c1ccc2ccc(C3CCC3)cc2[nH]1. The maximum atomic E-state index is 11.2. The minimum atomic E-state index is -0.0201. The van der Waals surface area contributed by atoms with Gasteiger partial charge in [0.05, 0.1) is 0 Å². The van der Waals surface area contributed by atoms with E-state index in [0.717, 1.165) is 16.8 Å². The zero-order valence-electron chi connectivity index (χ0n) is 8.49. The number of fused-ring (bicyclic) bond motifs is 1. The zero-order chi connectivity index (χ0) is 10.3. The summed E-state index contributed by atoms with van der Waals surface area (Å²) in [6.45, 7) is 0. The number of pyridine rings is 1. The fourth-order valence-corrected chi connectivity index (χ4v) is 2.16. The summed E-state index contributed by atoms with van der Waals surface area (Å²) in [5.74, 6) is 0.720. The van der Waals surface area contributed by atoms with Crippen molar-refractivity contribution >= 4 is 10.9 Å². The van der Waals surface area contributed by atoms with Crippen molar-refractivity contribution in [3.63, 3.8) is 0 Å². The van der Waals surface area contributed by atoms with E-state index in [2.05, 4.69) is 23.2 Å². The minimum absolute atomic E-state index is 0.0201. The van der Waals surface area contributed by atoms with Gasteiger partial charge in [0.1, 0.15) is 0 Å². The molecule has 1 fully saturated rings. The molecule has 1 saturated carbocycles. The summed E-state index contributed by atoms with van der Waals surface area (Å²) in [6.07, 6.45) is 3.93. The van der Waals surface area contributed by atoms with Crippen LogP contribution in [0.4, 0.5) is 0 Å². The molecule has 2 heteroatoms. The number of aromatic amines is 1. The van der Waals surface area contributed by atoms with Gasteiger partial charge in [-0.15, -0.1) is 0 Å². The Morgan fingerprint density at radius 2 is 1.93 bits per heavy atom. The molecule has 1 aromatic carbocycles. The summed E-state index contributed by atoms with van der Waals surface area (Å²) < 4.78 is 0. The Kier molecular flexibility index (Phi) is 1.88. The average molecular weight is 199 g/mol. The second kappa shape index (κ2) is 3.23. The van der Waals surface area contributed by atoms with Crippen molar-refractivity contribution in [3.05, 3.63) is 46.2 Å². The van der Waals surface area contributed by atoms with Crippen molar-refractivity contribution in [2.45, 2.75) is 25.2 Å². The van der Waals surface area contributed by atoms with Gasteiger partial charge in [-0.25, -0.2) is 0 Å². The normalized spacial score (nSPS) is 16.5. The van der Waals surface area contributed by atoms with E-state index in [-0.39, 0.29) is 5.56 Å². The van der Waals surface area contributed by atoms with Gasteiger partial charge in [-0.05, 0) is 41.8 Å². The standard InChI is InChI=1S/C13H13NO/c15-13-7-6-10-4-5-11(8-12(10)14-13)9-2-1-3-9/h4-9H,1-3H2,(H,14,15). The van der Waals surface area contributed by atoms with E-state index in [1.54, 1.807) is 6.07 Å². The van der Waals surface area contributed by atoms with Crippen molar-refractivity contribution in [3.8, 4) is 0 Å². The Labute approximate surface area is 87.9 Å². The molecule has 0 bridgehead atoms. The topological polar surface area (TPSA) is 32.9 Å². The van der Waals surface area contributed by atoms with Gasteiger partial charge < -0.3 is 4.98 Å². The lowest BCUT2D eigenvalue weighted by atomic mass is 9.80. The highest BCUT2D eigenvalue weighted by Crippen LogP contribution is 2.36. The molecule has 15 heavy (non-hydrogen) atoms. The number of aromatic nitrogens is 1. The Morgan fingerprint density at radius 1 is 1.13 bits per heavy atom. The monoisotopic (exact) mass is 199 g/mol. The lowest BCUT2D eigenvalue weighted by Crippen LogP contribution is -2.09. The number of hydrogen-bond donors (Lipinski definition) is 1. The van der Waals surface area contributed by atoms with Gasteiger partial charge in [0.25, 0.3) is 0 Å². The molecular formula is C13H13NO. The average Bonchev–Trinajstić information content (AvgIpc) is 2.14. The van der Waals surface area contributed by atoms with Crippen molar-refractivity contribution in [2.24, 2.45) is 0 Å². The highest BCUT2D eigenvalue weighted by Gasteiger charge is 2.19. The molecule has 0 amide bonds. The third kappa shape index (κ3) is 1.46. The molecule has 1 heterocycles. The van der Waals surface area contributed by atoms with Gasteiger partial charge in [0, 0.05) is 11.6 Å². The van der Waals surface area contributed by atoms with Crippen LogP contribution in [0.3, 0.4) is 0 Å². The molecular weight excluding hydrogens is 186 g/mol. The maximum Gasteiger partial charge on any atom is 0.248 e. The molecule has 0 spiro atoms. The number of hydrogen-bond acceptors (Lipinski definition) is 1. The van der Waals surface area contributed by atoms with E-state index < -0.39 is 0 Å². The number of rotatable bonds is 1. The van der Waals surface area contributed by atoms with Gasteiger partial charge in [-0.1, -0.05) is 18.6 Å². The van der Waals surface area contributed by atoms with E-state index in [1.165, 1.54) is 24.8 Å². The second-order valence-electron chi connectivity index (χ2n) is 4.30. The Hall–Kier alpha value is -1.57. The summed E-state index contributed by atoms with van der Waals surface area (Å²) in [4.78, 5) is 14.1. The second-order valence-corrected chi connectivity index (χ2v) is 4.30. The van der Waals surface area contributed by atoms with Crippen LogP contribution in [-0.2, 0) is 0 Å². The quantitative estimate of drug-likeness (QED) is 0.752. The lowest BCUT2D eigenvalue weighted by molar-refractivity contribution is 0.420. The first kappa shape index (κ1) is 8.72. The molecule has 2 nitrogen and oxygen atoms in total. The summed E-state index contributed by atoms with van der Waals surface area (Å²) >= 11 is 0. The summed E-state index contributed by atoms with van der Waals surface area (Å²) in [7, 11) is 0. The van der Waals surface area contributed by atoms with Gasteiger partial charge >= 0.3 is 0 Å². The molecule has 0 atom stereocenters. The van der Waals surface area contributed by atoms with Crippen molar-refractivity contribution in [1.29, 1.82) is 0 Å². The van der Waals surface area contributed by atoms with Crippen LogP contribution in [0.5, 0.6) is 0 Å². The van der Waals surface area contributed by atoms with Crippen molar-refractivity contribution < 1.29 is 0 Å². The van der Waals surface area contributed by atoms with Gasteiger partial charge in [0.2, 0.25) is 5.56 Å². The highest BCUT2D eigenvalue weighted by molar-refractivity contribution is 5.79. The molecule has 0 unspecified atom stereocenters. The molecule has 0 radical (unpaired) electrons. The number of H-pyrrole nitrogens is 1. The molecule has 1 aliphatic carbocycles. The number of nitrogens with one attached hydrogen (secondary N) is 1. The first-order chi connectivity index (χ1) is 7.33. The van der Waals surface area contributed by atoms with Crippen LogP contribution in [0, 0.1) is 0 Å². The van der Waals surface area contributed by atoms with Crippen LogP contribution >= 0.6 is 0 Å². The molecule has 0 saturated heterocycles. The third-order valence-corrected chi connectivity index (χ3v) is 3.33. The summed E-state index contributed by atoms with van der Waals surface area (Å²) in [5.41, 5.74) is 2.32. The number of benzene rings is 1. The summed E-state index contributed by atoms with van der Waals surface area (Å²) in [5, 5.41) is 1.11. The molecule has 76 valence electrons. The Balaban J connectivity index is 2.15. The molecule has 0 aliphatic heterocycles. The van der Waals surface area contributed by atoms with Crippen LogP contribution in [0.15, 0.2) is 35.1 Å². The van der Waals surface area contributed by atoms with Crippen LogP contribution in [-0.4, -0.2) is 4.98 Å². The maximum absolute atomic E-state index is 11.2. The van der Waals surface area contributed by atoms with E-state index >= 15 is 0 Å². The van der Waals surface area contributed by atoms with Gasteiger partial charge in [0.15, 0.2) is 0 Å². The van der Waals surface area contributed by atoms with Crippen molar-refractivity contribution in [2.75, 3.05) is 0 Å². The first-order valence-electron chi connectivity index (χ1n) is 5.46. The van der Waals surface area contributed by atoms with Crippen LogP contribution < -0.4 is 5.56 Å². The lowest BCUT2D eigenvalue weighted by Gasteiger charge is -2.25. The van der Waals surface area contributed by atoms with Crippen LogP contribution in [0.25, 0.3) is 10.9 Å². The minimum Gasteiger partial charge on any atom is -0.322 e. The third-order valence-electron chi connectivity index (χ3n) is 3.33. The van der Waals surface area contributed by atoms with E-state index in [4.69, 9.17) is 0 Å². The molecule has 1 aromatic heterocycles. The van der Waals surface area contributed by atoms with Crippen LogP contribution in [0.2, 0.25) is 0 Å². The van der Waals surface area contributed by atoms with E-state index in [1.807, 2.05) is 6.07 Å². The highest BCUT2D eigenvalue weighted by atomic mass is 16.1. The Bertz CT molecular complexity index is 552. The van der Waals surface area contributed by atoms with E-state index in [0.29, 0.717) is 0 Å². The largest absolute Gasteiger partial charge is 0.322 e. The molecule has 3 rings (SSSR count). The predicted molar refractivity (Wildman–Crippen MR) is 61.2 cm³/mol. The Morgan fingerprint density at radius 3 is 2.67 bits per heavy atom. The van der Waals surface area contributed by atoms with Crippen LogP contribution in [0.1, 0.15) is 30.7 Å². The fourth-order valence-electron chi connectivity index (χ4n) is 2.16. The first-order valence-corrected chi connectivity index (χ1v) is 5.46. The smallest absolute Gasteiger partial charge is 0.248 e. The van der Waals surface area contributed by atoms with Gasteiger partial charge in [-0.2, -0.15) is 0 Å². The fraction of sp³-hybridized carbons (Fsp3) is 0.308. The van der Waals surface area contributed by atoms with Gasteiger partial charge in [-0.3, -0.25) is 4.79 Å². The van der Waals surface area contributed by atoms with E-state index in [9.17, 15) is 4.79 Å².